The van der Waals surface area contributed by atoms with Gasteiger partial charge in [0.05, 0.1) is 12.5 Å². The normalized spacial score (nSPS) is 27.3. The van der Waals surface area contributed by atoms with Crippen molar-refractivity contribution >= 4 is 35.9 Å². The van der Waals surface area contributed by atoms with Crippen LogP contribution in [0.3, 0.4) is 0 Å². The van der Waals surface area contributed by atoms with Crippen molar-refractivity contribution in [2.24, 2.45) is 10.9 Å². The molecule has 0 bridgehead atoms. The molecule has 152 valence electrons. The van der Waals surface area contributed by atoms with Crippen molar-refractivity contribution in [1.29, 1.82) is 0 Å². The van der Waals surface area contributed by atoms with Gasteiger partial charge in [0.25, 0.3) is 0 Å². The Morgan fingerprint density at radius 1 is 1.15 bits per heavy atom. The maximum absolute atomic E-state index is 11.8. The summed E-state index contributed by atoms with van der Waals surface area (Å²) in [6, 6.07) is 1.00. The molecule has 0 aromatic rings. The average molecular weight is 480 g/mol. The second kappa shape index (κ2) is 12.8. The van der Waals surface area contributed by atoms with Crippen LogP contribution in [0, 0.1) is 5.92 Å². The molecule has 2 aliphatic rings. The fourth-order valence-electron chi connectivity index (χ4n) is 4.04. The molecule has 1 heterocycles. The lowest BCUT2D eigenvalue weighted by Crippen LogP contribution is -2.51. The van der Waals surface area contributed by atoms with E-state index >= 15 is 0 Å². The topological polar surface area (TPSA) is 66.0 Å². The lowest BCUT2D eigenvalue weighted by Gasteiger charge is -2.35. The van der Waals surface area contributed by atoms with Gasteiger partial charge in [0.15, 0.2) is 5.96 Å². The van der Waals surface area contributed by atoms with Crippen molar-refractivity contribution in [3.63, 3.8) is 0 Å². The monoisotopic (exact) mass is 480 g/mol. The van der Waals surface area contributed by atoms with E-state index < -0.39 is 0 Å². The van der Waals surface area contributed by atoms with Crippen LogP contribution in [0.4, 0.5) is 0 Å². The summed E-state index contributed by atoms with van der Waals surface area (Å²) in [5, 5.41) is 7.05. The first-order chi connectivity index (χ1) is 12.2. The fraction of sp³-hybridized carbons (Fsp3) is 0.895. The first-order valence-corrected chi connectivity index (χ1v) is 10.1. The van der Waals surface area contributed by atoms with Gasteiger partial charge in [-0.15, -0.1) is 24.0 Å². The minimum atomic E-state index is -0.0274. The Morgan fingerprint density at radius 3 is 2.50 bits per heavy atom. The zero-order valence-corrected chi connectivity index (χ0v) is 19.0. The van der Waals surface area contributed by atoms with Crippen molar-refractivity contribution < 1.29 is 9.53 Å². The lowest BCUT2D eigenvalue weighted by molar-refractivity contribution is -0.149. The number of rotatable bonds is 6. The molecule has 1 saturated carbocycles. The third-order valence-electron chi connectivity index (χ3n) is 5.57. The number of likely N-dealkylation sites (N-methyl/N-ethyl adjacent to an activating group) is 1. The lowest BCUT2D eigenvalue weighted by atomic mass is 9.86. The van der Waals surface area contributed by atoms with E-state index in [4.69, 9.17) is 4.74 Å². The summed E-state index contributed by atoms with van der Waals surface area (Å²) < 4.78 is 5.15. The third kappa shape index (κ3) is 7.21. The zero-order valence-electron chi connectivity index (χ0n) is 16.6. The van der Waals surface area contributed by atoms with Crippen LogP contribution in [0.15, 0.2) is 4.99 Å². The first kappa shape index (κ1) is 23.5. The number of halogens is 1. The number of piperidine rings is 1. The summed E-state index contributed by atoms with van der Waals surface area (Å²) >= 11 is 0. The molecule has 0 radical (unpaired) electrons. The van der Waals surface area contributed by atoms with Gasteiger partial charge in [0.2, 0.25) is 0 Å². The van der Waals surface area contributed by atoms with Crippen molar-refractivity contribution in [1.82, 2.24) is 15.5 Å². The zero-order chi connectivity index (χ0) is 18.1. The average Bonchev–Trinajstić information content (AvgIpc) is 2.66. The van der Waals surface area contributed by atoms with E-state index in [1.165, 1.54) is 25.8 Å². The highest BCUT2D eigenvalue weighted by atomic mass is 127. The highest BCUT2D eigenvalue weighted by molar-refractivity contribution is 14.0. The first-order valence-electron chi connectivity index (χ1n) is 10.1. The van der Waals surface area contributed by atoms with Gasteiger partial charge in [-0.05, 0) is 58.5 Å². The van der Waals surface area contributed by atoms with Crippen LogP contribution in [0.25, 0.3) is 0 Å². The van der Waals surface area contributed by atoms with Gasteiger partial charge < -0.3 is 15.4 Å². The highest BCUT2D eigenvalue weighted by Gasteiger charge is 2.28. The molecule has 1 aliphatic heterocycles. The molecule has 26 heavy (non-hydrogen) atoms. The predicted molar refractivity (Wildman–Crippen MR) is 117 cm³/mol. The second-order valence-corrected chi connectivity index (χ2v) is 7.18. The molecule has 2 N–H and O–H groups in total. The molecule has 2 rings (SSSR count). The van der Waals surface area contributed by atoms with E-state index in [1.54, 1.807) is 0 Å². The van der Waals surface area contributed by atoms with Crippen LogP contribution < -0.4 is 10.6 Å². The van der Waals surface area contributed by atoms with Gasteiger partial charge >= 0.3 is 5.97 Å². The van der Waals surface area contributed by atoms with Gasteiger partial charge in [-0.3, -0.25) is 14.7 Å². The Balaban J connectivity index is 0.00000338. The van der Waals surface area contributed by atoms with Crippen molar-refractivity contribution in [3.8, 4) is 0 Å². The standard InChI is InChI=1S/C19H36N4O2.HI/c1-4-23-13-7-6-8-17(23)14-21-19(20-3)22-16-11-9-15(10-12-16)18(24)25-5-2;/h15-17H,4-14H2,1-3H3,(H2,20,21,22);1H. The fourth-order valence-corrected chi connectivity index (χ4v) is 4.04. The van der Waals surface area contributed by atoms with Crippen LogP contribution in [-0.2, 0) is 9.53 Å². The molecule has 1 unspecified atom stereocenters. The Kier molecular flexibility index (Phi) is 11.5. The number of hydrogen-bond donors (Lipinski definition) is 2. The van der Waals surface area contributed by atoms with Crippen molar-refractivity contribution in [2.75, 3.05) is 33.3 Å². The Hall–Kier alpha value is -0.570. The third-order valence-corrected chi connectivity index (χ3v) is 5.57. The summed E-state index contributed by atoms with van der Waals surface area (Å²) in [5.74, 6) is 0.940. The summed E-state index contributed by atoms with van der Waals surface area (Å²) in [7, 11) is 1.83. The number of esters is 1. The number of nitrogens with zero attached hydrogens (tertiary/aromatic N) is 2. The summed E-state index contributed by atoms with van der Waals surface area (Å²) in [5.41, 5.74) is 0. The largest absolute Gasteiger partial charge is 0.466 e. The highest BCUT2D eigenvalue weighted by Crippen LogP contribution is 2.25. The molecular formula is C19H37IN4O2. The molecular weight excluding hydrogens is 443 g/mol. The van der Waals surface area contributed by atoms with E-state index in [2.05, 4.69) is 27.4 Å². The number of aliphatic imine (C=N–C) groups is 1. The number of hydrogen-bond acceptors (Lipinski definition) is 4. The minimum absolute atomic E-state index is 0. The molecule has 1 aliphatic carbocycles. The summed E-state index contributed by atoms with van der Waals surface area (Å²) in [6.45, 7) is 7.87. The van der Waals surface area contributed by atoms with Crippen LogP contribution in [0.1, 0.15) is 58.8 Å². The molecule has 2 fully saturated rings. The number of carbonyl (C=O) groups is 1. The number of guanidine groups is 1. The van der Waals surface area contributed by atoms with E-state index in [9.17, 15) is 4.79 Å². The Labute approximate surface area is 175 Å². The minimum Gasteiger partial charge on any atom is -0.466 e. The van der Waals surface area contributed by atoms with Crippen LogP contribution >= 0.6 is 24.0 Å². The van der Waals surface area contributed by atoms with Gasteiger partial charge in [0.1, 0.15) is 0 Å². The molecule has 0 spiro atoms. The SMILES string of the molecule is CCOC(=O)C1CCC(NC(=NC)NCC2CCCCN2CC)CC1.I. The van der Waals surface area contributed by atoms with Gasteiger partial charge in [0, 0.05) is 25.7 Å². The maximum Gasteiger partial charge on any atom is 0.308 e. The van der Waals surface area contributed by atoms with Crippen molar-refractivity contribution in [2.45, 2.75) is 70.9 Å². The summed E-state index contributed by atoms with van der Waals surface area (Å²) in [4.78, 5) is 18.8. The van der Waals surface area contributed by atoms with Crippen LogP contribution in [0.2, 0.25) is 0 Å². The molecule has 0 aromatic carbocycles. The number of carbonyl (C=O) groups excluding carboxylic acids is 1. The van der Waals surface area contributed by atoms with E-state index in [0.29, 0.717) is 18.7 Å². The van der Waals surface area contributed by atoms with Crippen LogP contribution in [-0.4, -0.2) is 62.2 Å². The van der Waals surface area contributed by atoms with Crippen molar-refractivity contribution in [3.05, 3.63) is 0 Å². The Bertz CT molecular complexity index is 439. The second-order valence-electron chi connectivity index (χ2n) is 7.18. The van der Waals surface area contributed by atoms with Gasteiger partial charge in [-0.1, -0.05) is 13.3 Å². The molecule has 6 nitrogen and oxygen atoms in total. The Morgan fingerprint density at radius 2 is 1.88 bits per heavy atom. The summed E-state index contributed by atoms with van der Waals surface area (Å²) in [6.07, 6.45) is 7.71. The number of ether oxygens (including phenoxy) is 1. The number of nitrogens with one attached hydrogen (secondary N) is 2. The smallest absolute Gasteiger partial charge is 0.308 e. The predicted octanol–water partition coefficient (Wildman–Crippen LogP) is 2.77. The van der Waals surface area contributed by atoms with E-state index in [-0.39, 0.29) is 35.9 Å². The van der Waals surface area contributed by atoms with Gasteiger partial charge in [-0.2, -0.15) is 0 Å². The molecule has 1 saturated heterocycles. The number of likely N-dealkylation sites (tertiary alicyclic amines) is 1. The molecule has 7 heteroatoms. The van der Waals surface area contributed by atoms with Gasteiger partial charge in [-0.25, -0.2) is 0 Å². The molecule has 1 atom stereocenters. The van der Waals surface area contributed by atoms with Crippen LogP contribution in [0.5, 0.6) is 0 Å². The van der Waals surface area contributed by atoms with E-state index in [0.717, 1.165) is 44.7 Å². The quantitative estimate of drug-likeness (QED) is 0.265. The molecule has 0 amide bonds. The van der Waals surface area contributed by atoms with E-state index in [1.807, 2.05) is 14.0 Å². The molecule has 0 aromatic heterocycles. The maximum atomic E-state index is 11.8.